The fourth-order valence-electron chi connectivity index (χ4n) is 2.03. The molecular weight excluding hydrogens is 274 g/mol. The summed E-state index contributed by atoms with van der Waals surface area (Å²) in [5, 5.41) is 10.8. The number of nitro groups is 1. The van der Waals surface area contributed by atoms with Crippen LogP contribution in [0, 0.1) is 10.1 Å². The van der Waals surface area contributed by atoms with Crippen molar-refractivity contribution in [3.05, 3.63) is 52.1 Å². The summed E-state index contributed by atoms with van der Waals surface area (Å²) >= 11 is 0. The molecule has 0 saturated carbocycles. The first-order valence-electron chi connectivity index (χ1n) is 6.06. The summed E-state index contributed by atoms with van der Waals surface area (Å²) in [4.78, 5) is 21.3. The number of aldehydes is 1. The molecule has 0 aromatic heterocycles. The first-order valence-corrected chi connectivity index (χ1v) is 6.06. The maximum Gasteiger partial charge on any atom is 0.273 e. The van der Waals surface area contributed by atoms with Gasteiger partial charge in [0.1, 0.15) is 17.8 Å². The van der Waals surface area contributed by atoms with E-state index in [1.165, 1.54) is 26.4 Å². The van der Waals surface area contributed by atoms with Crippen molar-refractivity contribution in [2.24, 2.45) is 0 Å². The molecule has 0 spiro atoms. The first-order chi connectivity index (χ1) is 10.1. The van der Waals surface area contributed by atoms with Crippen LogP contribution in [-0.2, 0) is 0 Å². The summed E-state index contributed by atoms with van der Waals surface area (Å²) < 4.78 is 10.5. The van der Waals surface area contributed by atoms with Crippen molar-refractivity contribution in [1.82, 2.24) is 0 Å². The number of hydrogen-bond donors (Lipinski definition) is 0. The van der Waals surface area contributed by atoms with Crippen LogP contribution in [0.1, 0.15) is 10.4 Å². The summed E-state index contributed by atoms with van der Waals surface area (Å²) in [5.74, 6) is 0.887. The van der Waals surface area contributed by atoms with Gasteiger partial charge in [-0.15, -0.1) is 0 Å². The van der Waals surface area contributed by atoms with E-state index in [1.807, 2.05) is 0 Å². The Morgan fingerprint density at radius 2 is 1.71 bits per heavy atom. The average molecular weight is 287 g/mol. The number of carbonyl (C=O) groups is 1. The van der Waals surface area contributed by atoms with E-state index in [4.69, 9.17) is 9.47 Å². The first kappa shape index (κ1) is 14.5. The largest absolute Gasteiger partial charge is 0.496 e. The molecule has 0 amide bonds. The molecule has 0 radical (unpaired) electrons. The van der Waals surface area contributed by atoms with Gasteiger partial charge in [-0.05, 0) is 24.3 Å². The second kappa shape index (κ2) is 6.04. The zero-order valence-corrected chi connectivity index (χ0v) is 11.5. The quantitative estimate of drug-likeness (QED) is 0.479. The molecule has 0 aliphatic heterocycles. The Labute approximate surface area is 121 Å². The summed E-state index contributed by atoms with van der Waals surface area (Å²) in [5.41, 5.74) is 1.66. The molecule has 0 fully saturated rings. The van der Waals surface area contributed by atoms with E-state index in [1.54, 1.807) is 24.3 Å². The van der Waals surface area contributed by atoms with E-state index in [9.17, 15) is 14.9 Å². The third kappa shape index (κ3) is 2.84. The maximum absolute atomic E-state index is 10.9. The van der Waals surface area contributed by atoms with Gasteiger partial charge in [-0.1, -0.05) is 0 Å². The Morgan fingerprint density at radius 3 is 2.29 bits per heavy atom. The molecule has 6 nitrogen and oxygen atoms in total. The van der Waals surface area contributed by atoms with Crippen LogP contribution >= 0.6 is 0 Å². The minimum absolute atomic E-state index is 0.0684. The van der Waals surface area contributed by atoms with E-state index in [0.29, 0.717) is 28.2 Å². The number of nitro benzene ring substituents is 1. The predicted molar refractivity (Wildman–Crippen MR) is 77.0 cm³/mol. The van der Waals surface area contributed by atoms with Crippen LogP contribution in [-0.4, -0.2) is 25.4 Å². The summed E-state index contributed by atoms with van der Waals surface area (Å²) in [6.45, 7) is 0. The Hall–Kier alpha value is -2.89. The molecule has 0 heterocycles. The number of rotatable bonds is 5. The van der Waals surface area contributed by atoms with E-state index in [-0.39, 0.29) is 5.69 Å². The fourth-order valence-corrected chi connectivity index (χ4v) is 2.03. The standard InChI is InChI=1S/C15H13NO5/c1-20-14-6-3-10(9-17)7-13(14)12-5-4-11(16(18)19)8-15(12)21-2/h3-9H,1-2H3. The van der Waals surface area contributed by atoms with Gasteiger partial charge in [0.2, 0.25) is 0 Å². The molecule has 21 heavy (non-hydrogen) atoms. The van der Waals surface area contributed by atoms with E-state index >= 15 is 0 Å². The molecule has 0 aliphatic rings. The van der Waals surface area contributed by atoms with Crippen LogP contribution in [0.2, 0.25) is 0 Å². The van der Waals surface area contributed by atoms with Crippen molar-refractivity contribution >= 4 is 12.0 Å². The lowest BCUT2D eigenvalue weighted by Crippen LogP contribution is -1.95. The van der Waals surface area contributed by atoms with Crippen molar-refractivity contribution in [2.45, 2.75) is 0 Å². The molecule has 0 bridgehead atoms. The lowest BCUT2D eigenvalue weighted by atomic mass is 10.0. The topological polar surface area (TPSA) is 78.7 Å². The van der Waals surface area contributed by atoms with Gasteiger partial charge in [-0.2, -0.15) is 0 Å². The van der Waals surface area contributed by atoms with Crippen molar-refractivity contribution in [3.63, 3.8) is 0 Å². The molecular formula is C15H13NO5. The van der Waals surface area contributed by atoms with Gasteiger partial charge in [0.05, 0.1) is 25.2 Å². The number of benzene rings is 2. The highest BCUT2D eigenvalue weighted by Gasteiger charge is 2.16. The molecule has 2 aromatic rings. The van der Waals surface area contributed by atoms with Gasteiger partial charge in [0.15, 0.2) is 0 Å². The smallest absolute Gasteiger partial charge is 0.273 e. The van der Waals surface area contributed by atoms with Gasteiger partial charge in [0, 0.05) is 22.8 Å². The Balaban J connectivity index is 2.65. The molecule has 0 N–H and O–H groups in total. The van der Waals surface area contributed by atoms with Crippen LogP contribution in [0.5, 0.6) is 11.5 Å². The summed E-state index contributed by atoms with van der Waals surface area (Å²) in [7, 11) is 2.94. The van der Waals surface area contributed by atoms with Gasteiger partial charge >= 0.3 is 0 Å². The van der Waals surface area contributed by atoms with Crippen molar-refractivity contribution in [3.8, 4) is 22.6 Å². The molecule has 2 aromatic carbocycles. The molecule has 6 heteroatoms. The highest BCUT2D eigenvalue weighted by Crippen LogP contribution is 2.38. The Morgan fingerprint density at radius 1 is 1.00 bits per heavy atom. The second-order valence-corrected chi connectivity index (χ2v) is 4.22. The average Bonchev–Trinajstić information content (AvgIpc) is 2.53. The summed E-state index contributed by atoms with van der Waals surface area (Å²) in [6, 6.07) is 9.24. The minimum atomic E-state index is -0.495. The number of hydrogen-bond acceptors (Lipinski definition) is 5. The predicted octanol–water partition coefficient (Wildman–Crippen LogP) is 3.09. The van der Waals surface area contributed by atoms with Gasteiger partial charge < -0.3 is 9.47 Å². The number of ether oxygens (including phenoxy) is 2. The monoisotopic (exact) mass is 287 g/mol. The Bertz CT molecular complexity index is 696. The van der Waals surface area contributed by atoms with Crippen molar-refractivity contribution in [1.29, 1.82) is 0 Å². The van der Waals surface area contributed by atoms with E-state index < -0.39 is 4.92 Å². The van der Waals surface area contributed by atoms with Crippen LogP contribution in [0.25, 0.3) is 11.1 Å². The van der Waals surface area contributed by atoms with Gasteiger partial charge in [-0.25, -0.2) is 0 Å². The van der Waals surface area contributed by atoms with Crippen molar-refractivity contribution in [2.75, 3.05) is 14.2 Å². The van der Waals surface area contributed by atoms with Crippen LogP contribution in [0.3, 0.4) is 0 Å². The van der Waals surface area contributed by atoms with E-state index in [2.05, 4.69) is 0 Å². The normalized spacial score (nSPS) is 10.0. The molecule has 0 atom stereocenters. The summed E-state index contributed by atoms with van der Waals surface area (Å²) in [6.07, 6.45) is 0.723. The Kier molecular flexibility index (Phi) is 4.18. The molecule has 0 saturated heterocycles. The van der Waals surface area contributed by atoms with Crippen LogP contribution < -0.4 is 9.47 Å². The highest BCUT2D eigenvalue weighted by atomic mass is 16.6. The lowest BCUT2D eigenvalue weighted by Gasteiger charge is -2.12. The maximum atomic E-state index is 10.9. The molecule has 2 rings (SSSR count). The van der Waals surface area contributed by atoms with Crippen molar-refractivity contribution < 1.29 is 19.2 Å². The third-order valence-corrected chi connectivity index (χ3v) is 3.05. The van der Waals surface area contributed by atoms with Gasteiger partial charge in [0.25, 0.3) is 5.69 Å². The second-order valence-electron chi connectivity index (χ2n) is 4.22. The fraction of sp³-hybridized carbons (Fsp3) is 0.133. The number of nitrogens with zero attached hydrogens (tertiary/aromatic N) is 1. The lowest BCUT2D eigenvalue weighted by molar-refractivity contribution is -0.384. The number of non-ortho nitro benzene ring substituents is 1. The highest BCUT2D eigenvalue weighted by molar-refractivity contribution is 5.84. The zero-order valence-electron chi connectivity index (χ0n) is 11.5. The zero-order chi connectivity index (χ0) is 15.4. The minimum Gasteiger partial charge on any atom is -0.496 e. The third-order valence-electron chi connectivity index (χ3n) is 3.05. The molecule has 0 unspecified atom stereocenters. The molecule has 0 aliphatic carbocycles. The van der Waals surface area contributed by atoms with Gasteiger partial charge in [-0.3, -0.25) is 14.9 Å². The van der Waals surface area contributed by atoms with E-state index in [0.717, 1.165) is 6.29 Å². The number of methoxy groups -OCH3 is 2. The SMILES string of the molecule is COc1cc([N+](=O)[O-])ccc1-c1cc(C=O)ccc1OC. The van der Waals surface area contributed by atoms with Crippen LogP contribution in [0.4, 0.5) is 5.69 Å². The number of carbonyl (C=O) groups excluding carboxylic acids is 1. The molecule has 108 valence electrons. The van der Waals surface area contributed by atoms with Crippen LogP contribution in [0.15, 0.2) is 36.4 Å².